The number of hydrogen-bond acceptors (Lipinski definition) is 5. The van der Waals surface area contributed by atoms with Crippen LogP contribution in [-0.4, -0.2) is 23.8 Å². The van der Waals surface area contributed by atoms with E-state index >= 15 is 0 Å². The number of nitrogens with zero attached hydrogens (tertiary/aromatic N) is 1. The molecule has 0 radical (unpaired) electrons. The topological polar surface area (TPSA) is 51.2 Å². The van der Waals surface area contributed by atoms with Crippen LogP contribution in [0.2, 0.25) is 0 Å². The lowest BCUT2D eigenvalue weighted by Gasteiger charge is -2.25. The number of carbonyl (C=O) groups is 1. The Labute approximate surface area is 171 Å². The van der Waals surface area contributed by atoms with Gasteiger partial charge >= 0.3 is 0 Å². The molecule has 1 N–H and O–H groups in total. The first kappa shape index (κ1) is 19.0. The van der Waals surface area contributed by atoms with E-state index in [0.29, 0.717) is 0 Å². The number of aromatic nitrogens is 1. The summed E-state index contributed by atoms with van der Waals surface area (Å²) in [6.45, 7) is 0. The van der Waals surface area contributed by atoms with E-state index in [1.54, 1.807) is 24.9 Å². The van der Waals surface area contributed by atoms with Gasteiger partial charge in [-0.3, -0.25) is 4.79 Å². The largest absolute Gasteiger partial charge is 0.497 e. The molecule has 2 aromatic carbocycles. The monoisotopic (exact) mass is 414 g/mol. The number of rotatable bonds is 5. The molecule has 0 bridgehead atoms. The Kier molecular flexibility index (Phi) is 5.64. The van der Waals surface area contributed by atoms with Crippen LogP contribution in [-0.2, 0) is 11.2 Å². The Balaban J connectivity index is 1.42. The minimum atomic E-state index is -0.274. The van der Waals surface area contributed by atoms with E-state index in [1.165, 1.54) is 23.5 Å². The molecule has 0 saturated carbocycles. The van der Waals surface area contributed by atoms with Crippen molar-refractivity contribution in [3.8, 4) is 16.3 Å². The number of hydrogen-bond donors (Lipinski definition) is 1. The summed E-state index contributed by atoms with van der Waals surface area (Å²) in [6.07, 6.45) is 1.00. The van der Waals surface area contributed by atoms with E-state index in [0.717, 1.165) is 44.6 Å². The van der Waals surface area contributed by atoms with Crippen LogP contribution < -0.4 is 10.1 Å². The van der Waals surface area contributed by atoms with E-state index in [4.69, 9.17) is 4.74 Å². The SMILES string of the molecule is COc1ccc(-c2nc(CC(=O)N[C@@H]3CCSc4ccc(F)cc43)cs2)cc1. The van der Waals surface area contributed by atoms with Crippen molar-refractivity contribution in [3.05, 3.63) is 64.9 Å². The van der Waals surface area contributed by atoms with Crippen molar-refractivity contribution in [2.45, 2.75) is 23.8 Å². The van der Waals surface area contributed by atoms with Crippen molar-refractivity contribution in [1.29, 1.82) is 0 Å². The zero-order chi connectivity index (χ0) is 19.5. The van der Waals surface area contributed by atoms with Crippen molar-refractivity contribution in [1.82, 2.24) is 10.3 Å². The third-order valence-corrected chi connectivity index (χ3v) is 6.64. The van der Waals surface area contributed by atoms with Crippen molar-refractivity contribution < 1.29 is 13.9 Å². The van der Waals surface area contributed by atoms with Crippen LogP contribution in [0.4, 0.5) is 4.39 Å². The van der Waals surface area contributed by atoms with Crippen molar-refractivity contribution in [2.24, 2.45) is 0 Å². The average Bonchev–Trinajstić information content (AvgIpc) is 3.17. The number of halogens is 1. The quantitative estimate of drug-likeness (QED) is 0.648. The number of benzene rings is 2. The van der Waals surface area contributed by atoms with Crippen LogP contribution in [0.15, 0.2) is 52.7 Å². The smallest absolute Gasteiger partial charge is 0.226 e. The fourth-order valence-corrected chi connectivity index (χ4v) is 5.11. The number of ether oxygens (including phenoxy) is 1. The molecule has 2 heterocycles. The van der Waals surface area contributed by atoms with Gasteiger partial charge < -0.3 is 10.1 Å². The number of amides is 1. The van der Waals surface area contributed by atoms with Gasteiger partial charge in [-0.2, -0.15) is 0 Å². The molecule has 0 unspecified atom stereocenters. The van der Waals surface area contributed by atoms with Crippen LogP contribution in [0.3, 0.4) is 0 Å². The van der Waals surface area contributed by atoms with Crippen LogP contribution in [0.25, 0.3) is 10.6 Å². The summed E-state index contributed by atoms with van der Waals surface area (Å²) in [6, 6.07) is 12.3. The lowest BCUT2D eigenvalue weighted by Crippen LogP contribution is -2.31. The third kappa shape index (κ3) is 4.20. The number of fused-ring (bicyclic) bond motifs is 1. The molecule has 4 nitrogen and oxygen atoms in total. The maximum Gasteiger partial charge on any atom is 0.226 e. The lowest BCUT2D eigenvalue weighted by molar-refractivity contribution is -0.121. The molecule has 28 heavy (non-hydrogen) atoms. The van der Waals surface area contributed by atoms with E-state index < -0.39 is 0 Å². The van der Waals surface area contributed by atoms with Gasteiger partial charge in [0.1, 0.15) is 16.6 Å². The van der Waals surface area contributed by atoms with E-state index in [-0.39, 0.29) is 24.2 Å². The second kappa shape index (κ2) is 8.32. The molecule has 1 aromatic heterocycles. The highest BCUT2D eigenvalue weighted by atomic mass is 32.2. The van der Waals surface area contributed by atoms with Gasteiger partial charge in [0.25, 0.3) is 0 Å². The van der Waals surface area contributed by atoms with Crippen LogP contribution >= 0.6 is 23.1 Å². The van der Waals surface area contributed by atoms with Crippen molar-refractivity contribution in [2.75, 3.05) is 12.9 Å². The summed E-state index contributed by atoms with van der Waals surface area (Å²) in [5.74, 6) is 1.33. The number of thiazole rings is 1. The fourth-order valence-electron chi connectivity index (χ4n) is 3.18. The Morgan fingerprint density at radius 2 is 2.11 bits per heavy atom. The molecule has 0 spiro atoms. The Morgan fingerprint density at radius 1 is 1.29 bits per heavy atom. The first-order valence-electron chi connectivity index (χ1n) is 8.93. The second-order valence-corrected chi connectivity index (χ2v) is 8.48. The van der Waals surface area contributed by atoms with Crippen LogP contribution in [0.1, 0.15) is 23.7 Å². The molecule has 1 aliphatic rings. The van der Waals surface area contributed by atoms with Crippen LogP contribution in [0, 0.1) is 5.82 Å². The highest BCUT2D eigenvalue weighted by molar-refractivity contribution is 7.99. The predicted octanol–water partition coefficient (Wildman–Crippen LogP) is 4.85. The Bertz CT molecular complexity index is 988. The highest BCUT2D eigenvalue weighted by Gasteiger charge is 2.23. The first-order valence-corrected chi connectivity index (χ1v) is 10.8. The molecule has 0 fully saturated rings. The minimum absolute atomic E-state index is 0.0984. The fraction of sp³-hybridized carbons (Fsp3) is 0.238. The summed E-state index contributed by atoms with van der Waals surface area (Å²) in [5.41, 5.74) is 2.59. The molecule has 7 heteroatoms. The Morgan fingerprint density at radius 3 is 2.89 bits per heavy atom. The summed E-state index contributed by atoms with van der Waals surface area (Å²) in [5, 5.41) is 5.82. The molecule has 1 atom stereocenters. The predicted molar refractivity (Wildman–Crippen MR) is 110 cm³/mol. The van der Waals surface area contributed by atoms with Crippen molar-refractivity contribution in [3.63, 3.8) is 0 Å². The van der Waals surface area contributed by atoms with E-state index in [9.17, 15) is 9.18 Å². The number of carbonyl (C=O) groups excluding carboxylic acids is 1. The second-order valence-electron chi connectivity index (χ2n) is 6.49. The van der Waals surface area contributed by atoms with Crippen molar-refractivity contribution >= 4 is 29.0 Å². The standard InChI is InChI=1S/C21H19FN2O2S2/c1-26-16-5-2-13(3-6-16)21-23-15(12-28-21)11-20(25)24-18-8-9-27-19-7-4-14(22)10-17(18)19/h2-7,10,12,18H,8-9,11H2,1H3,(H,24,25)/t18-/m1/s1. The molecule has 1 aliphatic heterocycles. The molecule has 3 aromatic rings. The zero-order valence-corrected chi connectivity index (χ0v) is 16.9. The minimum Gasteiger partial charge on any atom is -0.497 e. The summed E-state index contributed by atoms with van der Waals surface area (Å²) in [4.78, 5) is 18.2. The summed E-state index contributed by atoms with van der Waals surface area (Å²) < 4.78 is 18.8. The van der Waals surface area contributed by atoms with E-state index in [1.807, 2.05) is 29.6 Å². The number of thioether (sulfide) groups is 1. The molecular weight excluding hydrogens is 395 g/mol. The first-order chi connectivity index (χ1) is 13.6. The van der Waals surface area contributed by atoms with Gasteiger partial charge in [0.2, 0.25) is 5.91 Å². The average molecular weight is 415 g/mol. The number of methoxy groups -OCH3 is 1. The number of nitrogens with one attached hydrogen (secondary N) is 1. The maximum atomic E-state index is 13.6. The summed E-state index contributed by atoms with van der Waals surface area (Å²) in [7, 11) is 1.63. The Hall–Kier alpha value is -2.38. The molecule has 4 rings (SSSR count). The highest BCUT2D eigenvalue weighted by Crippen LogP contribution is 2.36. The van der Waals surface area contributed by atoms with Gasteiger partial charge in [-0.05, 0) is 54.4 Å². The van der Waals surface area contributed by atoms with Gasteiger partial charge in [-0.1, -0.05) is 0 Å². The summed E-state index contributed by atoms with van der Waals surface area (Å²) >= 11 is 3.21. The van der Waals surface area contributed by atoms with Gasteiger partial charge in [0, 0.05) is 21.6 Å². The van der Waals surface area contributed by atoms with E-state index in [2.05, 4.69) is 10.3 Å². The molecular formula is C21H19FN2O2S2. The molecule has 0 aliphatic carbocycles. The zero-order valence-electron chi connectivity index (χ0n) is 15.3. The molecule has 144 valence electrons. The lowest BCUT2D eigenvalue weighted by atomic mass is 10.0. The van der Waals surface area contributed by atoms with Gasteiger partial charge in [0.15, 0.2) is 0 Å². The van der Waals surface area contributed by atoms with Gasteiger partial charge in [0.05, 0.1) is 25.3 Å². The molecule has 0 saturated heterocycles. The van der Waals surface area contributed by atoms with Gasteiger partial charge in [-0.15, -0.1) is 23.1 Å². The molecule has 1 amide bonds. The van der Waals surface area contributed by atoms with Gasteiger partial charge in [-0.25, -0.2) is 9.37 Å². The maximum absolute atomic E-state index is 13.6. The van der Waals surface area contributed by atoms with Crippen LogP contribution in [0.5, 0.6) is 5.75 Å². The third-order valence-electron chi connectivity index (χ3n) is 4.58. The normalized spacial score (nSPS) is 15.7.